The molecule has 3 heteroatoms. The monoisotopic (exact) mass is 176 g/mol. The van der Waals surface area contributed by atoms with Gasteiger partial charge in [0.2, 0.25) is 0 Å². The Morgan fingerprint density at radius 2 is 1.78 bits per heavy atom. The minimum absolute atomic E-state index is 0.121. The fraction of sp³-hybridized carbons (Fsp3) is 1.00. The van der Waals surface area contributed by atoms with Crippen molar-refractivity contribution in [3.63, 3.8) is 0 Å². The van der Waals surface area contributed by atoms with E-state index in [1.165, 1.54) is 30.2 Å². The molecule has 0 aromatic heterocycles. The van der Waals surface area contributed by atoms with Crippen molar-refractivity contribution in [2.24, 2.45) is 0 Å². The molecule has 0 N–H and O–H groups in total. The molecule has 1 heterocycles. The maximum Gasteiger partial charge on any atom is 0.164 e. The number of hydrogen-bond acceptors (Lipinski definition) is 0. The van der Waals surface area contributed by atoms with Crippen molar-refractivity contribution in [3.05, 3.63) is 0 Å². The highest BCUT2D eigenvalue weighted by Gasteiger charge is 2.20. The largest absolute Gasteiger partial charge is 0.169 e. The number of hydrogen-bond donors (Lipinski definition) is 0. The third-order valence-electron chi connectivity index (χ3n) is 2.00. The predicted octanol–water partition coefficient (Wildman–Crippen LogP) is 2.75. The quantitative estimate of drug-likeness (QED) is 0.426. The molecule has 0 aromatic rings. The number of rotatable bonds is 1. The van der Waals surface area contributed by atoms with Gasteiger partial charge in [-0.05, 0) is 12.1 Å². The van der Waals surface area contributed by atoms with Gasteiger partial charge in [0.25, 0.3) is 0 Å². The Balaban J connectivity index is 2.18. The molecule has 0 unspecified atom stereocenters. The van der Waals surface area contributed by atoms with Gasteiger partial charge in [-0.25, -0.2) is 0 Å². The Morgan fingerprint density at radius 3 is 2.22 bits per heavy atom. The normalized spacial score (nSPS) is 24.7. The van der Waals surface area contributed by atoms with Crippen LogP contribution >= 0.6 is 11.1 Å². The highest BCUT2D eigenvalue weighted by atomic mass is 35.6. The fourth-order valence-electron chi connectivity index (χ4n) is 1.23. The van der Waals surface area contributed by atoms with E-state index in [1.807, 2.05) is 0 Å². The van der Waals surface area contributed by atoms with Crippen molar-refractivity contribution in [2.75, 3.05) is 0 Å². The van der Waals surface area contributed by atoms with Crippen LogP contribution in [0.2, 0.25) is 30.2 Å². The first kappa shape index (κ1) is 7.83. The third kappa shape index (κ3) is 2.44. The van der Waals surface area contributed by atoms with Crippen LogP contribution in [0.25, 0.3) is 0 Å². The van der Waals surface area contributed by atoms with E-state index < -0.39 is 0 Å². The Bertz CT molecular complexity index is 79.1. The summed E-state index contributed by atoms with van der Waals surface area (Å²) < 4.78 is 0. The van der Waals surface area contributed by atoms with Crippen molar-refractivity contribution in [3.8, 4) is 0 Å². The molecular weight excluding hydrogens is 164 g/mol. The van der Waals surface area contributed by atoms with Gasteiger partial charge >= 0.3 is 0 Å². The average molecular weight is 177 g/mol. The van der Waals surface area contributed by atoms with Crippen molar-refractivity contribution in [2.45, 2.75) is 37.1 Å². The van der Waals surface area contributed by atoms with E-state index in [1.54, 1.807) is 0 Å². The minimum atomic E-state index is -0.338. The molecule has 1 saturated heterocycles. The van der Waals surface area contributed by atoms with E-state index in [9.17, 15) is 0 Å². The van der Waals surface area contributed by atoms with Crippen molar-refractivity contribution in [1.82, 2.24) is 0 Å². The molecule has 0 nitrogen and oxygen atoms in total. The van der Waals surface area contributed by atoms with E-state index in [0.717, 1.165) is 0 Å². The number of halogens is 1. The maximum absolute atomic E-state index is 6.06. The third-order valence-corrected chi connectivity index (χ3v) is 8.63. The summed E-state index contributed by atoms with van der Waals surface area (Å²) in [6.07, 6.45) is 0. The first-order chi connectivity index (χ1) is 4.33. The SMILES string of the molecule is CC[Si]1CC[Si](Cl)CC1. The molecule has 1 aliphatic rings. The van der Waals surface area contributed by atoms with Gasteiger partial charge < -0.3 is 0 Å². The molecule has 0 saturated carbocycles. The van der Waals surface area contributed by atoms with Crippen LogP contribution in [0.5, 0.6) is 0 Å². The van der Waals surface area contributed by atoms with Gasteiger partial charge in [-0.3, -0.25) is 0 Å². The lowest BCUT2D eigenvalue weighted by atomic mass is 10.9. The Kier molecular flexibility index (Phi) is 3.29. The van der Waals surface area contributed by atoms with Crippen LogP contribution in [0.4, 0.5) is 0 Å². The van der Waals surface area contributed by atoms with Crippen LogP contribution in [0, 0.1) is 0 Å². The molecule has 1 fully saturated rings. The standard InChI is InChI=1S/C6H13ClSi2/c1-2-8-3-5-9(7)6-4-8/h2-6H2,1H3. The summed E-state index contributed by atoms with van der Waals surface area (Å²) in [7, 11) is -0.217. The second-order valence-corrected chi connectivity index (χ2v) is 9.47. The Hall–Kier alpha value is 0.724. The first-order valence-electron chi connectivity index (χ1n) is 3.66. The van der Waals surface area contributed by atoms with E-state index in [-0.39, 0.29) is 16.9 Å². The zero-order chi connectivity index (χ0) is 6.69. The highest BCUT2D eigenvalue weighted by molar-refractivity contribution is 7.08. The highest BCUT2D eigenvalue weighted by Crippen LogP contribution is 2.24. The molecule has 1 rings (SSSR count). The lowest BCUT2D eigenvalue weighted by Gasteiger charge is -2.20. The second-order valence-electron chi connectivity index (χ2n) is 2.62. The van der Waals surface area contributed by atoms with Crippen molar-refractivity contribution >= 4 is 28.0 Å². The van der Waals surface area contributed by atoms with Gasteiger partial charge in [-0.1, -0.05) is 25.1 Å². The van der Waals surface area contributed by atoms with Crippen LogP contribution < -0.4 is 0 Å². The van der Waals surface area contributed by atoms with Crippen molar-refractivity contribution in [1.29, 1.82) is 0 Å². The molecule has 2 radical (unpaired) electrons. The van der Waals surface area contributed by atoms with Gasteiger partial charge in [0.1, 0.15) is 0 Å². The average Bonchev–Trinajstić information content (AvgIpc) is 1.90. The topological polar surface area (TPSA) is 0 Å². The first-order valence-corrected chi connectivity index (χ1v) is 8.71. The molecule has 9 heavy (non-hydrogen) atoms. The summed E-state index contributed by atoms with van der Waals surface area (Å²) >= 11 is 6.06. The van der Waals surface area contributed by atoms with Gasteiger partial charge in [0, 0.05) is 8.80 Å². The zero-order valence-corrected chi connectivity index (χ0v) is 8.67. The van der Waals surface area contributed by atoms with Crippen LogP contribution in [0.15, 0.2) is 0 Å². The van der Waals surface area contributed by atoms with Gasteiger partial charge in [0.15, 0.2) is 8.11 Å². The Labute approximate surface area is 65.5 Å². The molecule has 52 valence electrons. The molecule has 0 aromatic carbocycles. The molecule has 0 bridgehead atoms. The van der Waals surface area contributed by atoms with E-state index in [0.29, 0.717) is 0 Å². The van der Waals surface area contributed by atoms with Crippen LogP contribution in [0.1, 0.15) is 6.92 Å². The summed E-state index contributed by atoms with van der Waals surface area (Å²) in [6, 6.07) is 7.29. The van der Waals surface area contributed by atoms with Crippen LogP contribution in [-0.4, -0.2) is 16.9 Å². The minimum Gasteiger partial charge on any atom is -0.169 e. The van der Waals surface area contributed by atoms with Gasteiger partial charge in [-0.15, -0.1) is 0 Å². The van der Waals surface area contributed by atoms with Gasteiger partial charge in [-0.2, -0.15) is 11.1 Å². The molecule has 0 amide bonds. The molecule has 0 spiro atoms. The molecule has 1 aliphatic heterocycles. The molecule has 0 aliphatic carbocycles. The summed E-state index contributed by atoms with van der Waals surface area (Å²) in [6.45, 7) is 2.33. The summed E-state index contributed by atoms with van der Waals surface area (Å²) in [5.41, 5.74) is 0. The van der Waals surface area contributed by atoms with Gasteiger partial charge in [0.05, 0.1) is 0 Å². The summed E-state index contributed by atoms with van der Waals surface area (Å²) in [5.74, 6) is 0. The maximum atomic E-state index is 6.06. The lowest BCUT2D eigenvalue weighted by Crippen LogP contribution is -2.21. The van der Waals surface area contributed by atoms with E-state index >= 15 is 0 Å². The fourth-order valence-corrected chi connectivity index (χ4v) is 9.13. The second kappa shape index (κ2) is 3.79. The predicted molar refractivity (Wildman–Crippen MR) is 47.1 cm³/mol. The van der Waals surface area contributed by atoms with Crippen LogP contribution in [0.3, 0.4) is 0 Å². The lowest BCUT2D eigenvalue weighted by molar-refractivity contribution is 1.16. The molecular formula is C6H13ClSi2. The zero-order valence-electron chi connectivity index (χ0n) is 5.91. The molecule has 0 atom stereocenters. The summed E-state index contributed by atoms with van der Waals surface area (Å²) in [4.78, 5) is 0. The van der Waals surface area contributed by atoms with E-state index in [4.69, 9.17) is 11.1 Å². The Morgan fingerprint density at radius 1 is 1.22 bits per heavy atom. The van der Waals surface area contributed by atoms with Crippen LogP contribution in [-0.2, 0) is 0 Å². The smallest absolute Gasteiger partial charge is 0.164 e. The van der Waals surface area contributed by atoms with E-state index in [2.05, 4.69) is 6.92 Å². The van der Waals surface area contributed by atoms with Crippen molar-refractivity contribution < 1.29 is 0 Å². The summed E-state index contributed by atoms with van der Waals surface area (Å²) in [5, 5.41) is 0.